The molecule has 1 aliphatic heterocycles. The molecule has 0 aliphatic carbocycles. The van der Waals surface area contributed by atoms with Crippen LogP contribution in [0.4, 0.5) is 0 Å². The Bertz CT molecular complexity index is 879. The quantitative estimate of drug-likeness (QED) is 0.856. The van der Waals surface area contributed by atoms with Crippen LogP contribution in [0.15, 0.2) is 29.2 Å². The van der Waals surface area contributed by atoms with E-state index in [9.17, 15) is 13.2 Å². The Balaban J connectivity index is 1.77. The van der Waals surface area contributed by atoms with Gasteiger partial charge in [-0.05, 0) is 56.4 Å². The minimum absolute atomic E-state index is 0.00992. The van der Waals surface area contributed by atoms with Crippen molar-refractivity contribution < 1.29 is 13.2 Å². The third-order valence-electron chi connectivity index (χ3n) is 4.35. The number of aryl methyl sites for hydroxylation is 1. The smallest absolute Gasteiger partial charge is 0.251 e. The zero-order valence-corrected chi connectivity index (χ0v) is 15.7. The maximum absolute atomic E-state index is 12.8. The van der Waals surface area contributed by atoms with E-state index in [0.717, 1.165) is 23.4 Å². The summed E-state index contributed by atoms with van der Waals surface area (Å²) < 4.78 is 30.9. The molecular formula is C16H20N4O3S2. The average molecular weight is 380 g/mol. The molecule has 0 spiro atoms. The molecule has 2 heterocycles. The molecule has 0 saturated carbocycles. The van der Waals surface area contributed by atoms with Crippen LogP contribution in [0.2, 0.25) is 0 Å². The van der Waals surface area contributed by atoms with Gasteiger partial charge in [0.1, 0.15) is 0 Å². The molecule has 1 N–H and O–H groups in total. The van der Waals surface area contributed by atoms with E-state index in [-0.39, 0.29) is 16.8 Å². The second-order valence-corrected chi connectivity index (χ2v) is 8.83. The van der Waals surface area contributed by atoms with E-state index < -0.39 is 10.0 Å². The molecule has 1 amide bonds. The zero-order chi connectivity index (χ0) is 18.0. The van der Waals surface area contributed by atoms with Crippen molar-refractivity contribution in [2.45, 2.75) is 44.2 Å². The number of hydrogen-bond acceptors (Lipinski definition) is 6. The van der Waals surface area contributed by atoms with Crippen molar-refractivity contribution in [1.82, 2.24) is 19.2 Å². The van der Waals surface area contributed by atoms with E-state index in [1.54, 1.807) is 12.1 Å². The Hall–Kier alpha value is -1.84. The maximum atomic E-state index is 12.8. The van der Waals surface area contributed by atoms with Gasteiger partial charge in [-0.1, -0.05) is 10.6 Å². The van der Waals surface area contributed by atoms with Crippen LogP contribution < -0.4 is 5.32 Å². The molecule has 2 aromatic rings. The second-order valence-electron chi connectivity index (χ2n) is 6.10. The first-order valence-corrected chi connectivity index (χ1v) is 10.3. The summed E-state index contributed by atoms with van der Waals surface area (Å²) in [6, 6.07) is 6.17. The highest BCUT2D eigenvalue weighted by molar-refractivity contribution is 7.89. The number of hydrogen-bond donors (Lipinski definition) is 1. The summed E-state index contributed by atoms with van der Waals surface area (Å²) in [5.74, 6) is -0.320. The van der Waals surface area contributed by atoms with Crippen LogP contribution in [0.3, 0.4) is 0 Å². The van der Waals surface area contributed by atoms with Gasteiger partial charge in [0.25, 0.3) is 5.91 Å². The largest absolute Gasteiger partial charge is 0.347 e. The van der Waals surface area contributed by atoms with Crippen LogP contribution in [0.25, 0.3) is 0 Å². The Labute approximate surface area is 151 Å². The first kappa shape index (κ1) is 18.0. The predicted molar refractivity (Wildman–Crippen MR) is 94.8 cm³/mol. The van der Waals surface area contributed by atoms with Gasteiger partial charge in [-0.15, -0.1) is 5.10 Å². The Kier molecular flexibility index (Phi) is 5.16. The van der Waals surface area contributed by atoms with Gasteiger partial charge in [0.2, 0.25) is 10.0 Å². The molecule has 1 atom stereocenters. The van der Waals surface area contributed by atoms with Crippen LogP contribution in [0, 0.1) is 6.92 Å². The average Bonchev–Trinajstić information content (AvgIpc) is 3.21. The van der Waals surface area contributed by atoms with E-state index in [2.05, 4.69) is 14.9 Å². The van der Waals surface area contributed by atoms with E-state index in [4.69, 9.17) is 0 Å². The van der Waals surface area contributed by atoms with Crippen LogP contribution in [0.5, 0.6) is 0 Å². The first-order chi connectivity index (χ1) is 11.9. The lowest BCUT2D eigenvalue weighted by Crippen LogP contribution is -2.33. The van der Waals surface area contributed by atoms with E-state index in [0.29, 0.717) is 18.7 Å². The Morgan fingerprint density at radius 1 is 1.44 bits per heavy atom. The highest BCUT2D eigenvalue weighted by atomic mass is 32.2. The maximum Gasteiger partial charge on any atom is 0.251 e. The summed E-state index contributed by atoms with van der Waals surface area (Å²) in [6.07, 6.45) is 1.73. The summed E-state index contributed by atoms with van der Waals surface area (Å²) in [4.78, 5) is 13.4. The summed E-state index contributed by atoms with van der Waals surface area (Å²) in [6.45, 7) is 4.59. The van der Waals surface area contributed by atoms with Crippen LogP contribution >= 0.6 is 11.5 Å². The molecule has 25 heavy (non-hydrogen) atoms. The van der Waals surface area contributed by atoms with Gasteiger partial charge in [-0.25, -0.2) is 8.42 Å². The van der Waals surface area contributed by atoms with Crippen molar-refractivity contribution in [3.05, 3.63) is 40.4 Å². The first-order valence-electron chi connectivity index (χ1n) is 8.07. The van der Waals surface area contributed by atoms with Gasteiger partial charge in [-0.3, -0.25) is 4.79 Å². The van der Waals surface area contributed by atoms with Crippen molar-refractivity contribution >= 4 is 27.5 Å². The number of nitrogens with one attached hydrogen (secondary N) is 1. The van der Waals surface area contributed by atoms with Crippen LogP contribution in [0.1, 0.15) is 40.7 Å². The number of rotatable bonds is 5. The van der Waals surface area contributed by atoms with Gasteiger partial charge in [0.05, 0.1) is 22.0 Å². The number of benzene rings is 1. The molecule has 1 aromatic carbocycles. The normalized spacial score (nSPS) is 18.4. The van der Waals surface area contributed by atoms with Crippen LogP contribution in [-0.2, 0) is 16.6 Å². The molecule has 0 bridgehead atoms. The van der Waals surface area contributed by atoms with Gasteiger partial charge in [0.15, 0.2) is 0 Å². The van der Waals surface area contributed by atoms with Crippen molar-refractivity contribution in [1.29, 1.82) is 0 Å². The van der Waals surface area contributed by atoms with Crippen LogP contribution in [-0.4, -0.2) is 40.8 Å². The molecule has 9 heteroatoms. The van der Waals surface area contributed by atoms with Crippen molar-refractivity contribution in [2.24, 2.45) is 0 Å². The summed E-state index contributed by atoms with van der Waals surface area (Å²) in [5, 5.41) is 6.68. The van der Waals surface area contributed by atoms with Gasteiger partial charge < -0.3 is 5.32 Å². The molecule has 1 saturated heterocycles. The van der Waals surface area contributed by atoms with Gasteiger partial charge in [-0.2, -0.15) is 4.31 Å². The van der Waals surface area contributed by atoms with Crippen molar-refractivity contribution in [3.8, 4) is 0 Å². The molecule has 3 rings (SSSR count). The molecule has 1 aromatic heterocycles. The molecular weight excluding hydrogens is 360 g/mol. The van der Waals surface area contributed by atoms with Gasteiger partial charge >= 0.3 is 0 Å². The molecule has 1 aliphatic rings. The fraction of sp³-hybridized carbons (Fsp3) is 0.438. The van der Waals surface area contributed by atoms with E-state index in [1.165, 1.54) is 28.0 Å². The highest BCUT2D eigenvalue weighted by Crippen LogP contribution is 2.26. The third-order valence-corrected chi connectivity index (χ3v) is 7.18. The Morgan fingerprint density at radius 2 is 2.24 bits per heavy atom. The number of carbonyl (C=O) groups excluding carboxylic acids is 1. The minimum atomic E-state index is -3.57. The van der Waals surface area contributed by atoms with Gasteiger partial charge in [0, 0.05) is 18.2 Å². The molecule has 1 fully saturated rings. The standard InChI is InChI=1S/C16H20N4O3S2/c1-11-5-4-8-20(11)25(22,23)14-7-3-6-13(9-14)16(21)17-10-15-12(2)18-19-24-15/h3,6-7,9,11H,4-5,8,10H2,1-2H3,(H,17,21). The minimum Gasteiger partial charge on any atom is -0.347 e. The lowest BCUT2D eigenvalue weighted by atomic mass is 10.2. The molecule has 0 radical (unpaired) electrons. The topological polar surface area (TPSA) is 92.3 Å². The van der Waals surface area contributed by atoms with Crippen molar-refractivity contribution in [2.75, 3.05) is 6.54 Å². The zero-order valence-electron chi connectivity index (χ0n) is 14.1. The number of carbonyl (C=O) groups is 1. The number of sulfonamides is 1. The third kappa shape index (κ3) is 3.73. The highest BCUT2D eigenvalue weighted by Gasteiger charge is 2.32. The second kappa shape index (κ2) is 7.19. The lowest BCUT2D eigenvalue weighted by Gasteiger charge is -2.21. The predicted octanol–water partition coefficient (Wildman–Crippen LogP) is 1.95. The Morgan fingerprint density at radius 3 is 2.88 bits per heavy atom. The summed E-state index contributed by atoms with van der Waals surface area (Å²) >= 11 is 1.23. The molecule has 134 valence electrons. The number of aromatic nitrogens is 2. The molecule has 1 unspecified atom stereocenters. The SMILES string of the molecule is Cc1nnsc1CNC(=O)c1cccc(S(=O)(=O)N2CCCC2C)c1. The lowest BCUT2D eigenvalue weighted by molar-refractivity contribution is 0.0951. The van der Waals surface area contributed by atoms with E-state index >= 15 is 0 Å². The summed E-state index contributed by atoms with van der Waals surface area (Å²) in [7, 11) is -3.57. The van der Waals surface area contributed by atoms with Crippen molar-refractivity contribution in [3.63, 3.8) is 0 Å². The molecule has 7 nitrogen and oxygen atoms in total. The number of nitrogens with zero attached hydrogens (tertiary/aromatic N) is 3. The monoisotopic (exact) mass is 380 g/mol. The van der Waals surface area contributed by atoms with E-state index in [1.807, 2.05) is 13.8 Å². The summed E-state index contributed by atoms with van der Waals surface area (Å²) in [5.41, 5.74) is 1.10. The fourth-order valence-electron chi connectivity index (χ4n) is 2.87. The number of amides is 1. The fourth-order valence-corrected chi connectivity index (χ4v) is 5.19.